The Labute approximate surface area is 145 Å². The second-order valence-corrected chi connectivity index (χ2v) is 5.94. The summed E-state index contributed by atoms with van der Waals surface area (Å²) >= 11 is 0. The van der Waals surface area contributed by atoms with Crippen molar-refractivity contribution < 1.29 is 14.3 Å². The summed E-state index contributed by atoms with van der Waals surface area (Å²) in [4.78, 5) is 26.3. The van der Waals surface area contributed by atoms with Crippen molar-refractivity contribution >= 4 is 11.8 Å². The summed E-state index contributed by atoms with van der Waals surface area (Å²) in [5, 5.41) is 11.2. The molecule has 3 rings (SSSR count). The lowest BCUT2D eigenvalue weighted by Crippen LogP contribution is -2.42. The van der Waals surface area contributed by atoms with E-state index in [0.717, 1.165) is 5.69 Å². The highest BCUT2D eigenvalue weighted by molar-refractivity contribution is 5.92. The van der Waals surface area contributed by atoms with Crippen LogP contribution < -0.4 is 5.32 Å². The van der Waals surface area contributed by atoms with Crippen molar-refractivity contribution in [3.05, 3.63) is 35.9 Å². The number of nitrogens with one attached hydrogen (secondary N) is 1. The maximum Gasteiger partial charge on any atom is 0.274 e. The SMILES string of the molecule is CNC(=O)C[C@@H]1CN(C(=O)c2ccn(CCOC)n2)Cc2ccnn21. The van der Waals surface area contributed by atoms with E-state index in [1.807, 2.05) is 10.7 Å². The van der Waals surface area contributed by atoms with Gasteiger partial charge in [-0.25, -0.2) is 0 Å². The van der Waals surface area contributed by atoms with Gasteiger partial charge < -0.3 is 15.0 Å². The van der Waals surface area contributed by atoms with E-state index < -0.39 is 0 Å². The first-order valence-corrected chi connectivity index (χ1v) is 8.17. The van der Waals surface area contributed by atoms with Gasteiger partial charge in [-0.05, 0) is 12.1 Å². The lowest BCUT2D eigenvalue weighted by Gasteiger charge is -2.33. The van der Waals surface area contributed by atoms with Crippen LogP contribution in [0.2, 0.25) is 0 Å². The van der Waals surface area contributed by atoms with Crippen LogP contribution in [0.15, 0.2) is 24.5 Å². The zero-order chi connectivity index (χ0) is 17.8. The lowest BCUT2D eigenvalue weighted by molar-refractivity contribution is -0.121. The second-order valence-electron chi connectivity index (χ2n) is 5.94. The van der Waals surface area contributed by atoms with Gasteiger partial charge in [0.1, 0.15) is 5.69 Å². The predicted octanol–water partition coefficient (Wildman–Crippen LogP) is 0.0592. The quantitative estimate of drug-likeness (QED) is 0.798. The van der Waals surface area contributed by atoms with Crippen LogP contribution in [0.1, 0.15) is 28.6 Å². The maximum absolute atomic E-state index is 12.8. The van der Waals surface area contributed by atoms with Gasteiger partial charge >= 0.3 is 0 Å². The molecule has 0 fully saturated rings. The molecule has 2 aromatic rings. The summed E-state index contributed by atoms with van der Waals surface area (Å²) in [5.74, 6) is -0.227. The Bertz CT molecular complexity index is 753. The smallest absolute Gasteiger partial charge is 0.274 e. The molecule has 0 radical (unpaired) electrons. The van der Waals surface area contributed by atoms with E-state index in [1.54, 1.807) is 42.2 Å². The molecule has 1 aliphatic heterocycles. The molecular formula is C16H22N6O3. The van der Waals surface area contributed by atoms with Gasteiger partial charge in [0.15, 0.2) is 0 Å². The molecule has 3 heterocycles. The van der Waals surface area contributed by atoms with Crippen molar-refractivity contribution in [3.63, 3.8) is 0 Å². The van der Waals surface area contributed by atoms with Crippen molar-refractivity contribution in [2.75, 3.05) is 27.3 Å². The molecule has 2 aromatic heterocycles. The van der Waals surface area contributed by atoms with E-state index in [2.05, 4.69) is 15.5 Å². The highest BCUT2D eigenvalue weighted by Crippen LogP contribution is 2.24. The molecule has 0 unspecified atom stereocenters. The third-order valence-electron chi connectivity index (χ3n) is 4.25. The van der Waals surface area contributed by atoms with Crippen LogP contribution in [-0.4, -0.2) is 63.6 Å². The fourth-order valence-electron chi connectivity index (χ4n) is 2.96. The maximum atomic E-state index is 12.8. The number of hydrogen-bond acceptors (Lipinski definition) is 5. The first-order valence-electron chi connectivity index (χ1n) is 8.17. The van der Waals surface area contributed by atoms with E-state index in [-0.39, 0.29) is 24.3 Å². The highest BCUT2D eigenvalue weighted by atomic mass is 16.5. The molecule has 0 aromatic carbocycles. The molecule has 1 atom stereocenters. The topological polar surface area (TPSA) is 94.3 Å². The Morgan fingerprint density at radius 1 is 1.40 bits per heavy atom. The third-order valence-corrected chi connectivity index (χ3v) is 4.25. The number of ether oxygens (including phenoxy) is 1. The number of carbonyl (C=O) groups excluding carboxylic acids is 2. The largest absolute Gasteiger partial charge is 0.383 e. The average Bonchev–Trinajstić information content (AvgIpc) is 3.28. The van der Waals surface area contributed by atoms with Crippen LogP contribution in [0.3, 0.4) is 0 Å². The fourth-order valence-corrected chi connectivity index (χ4v) is 2.96. The van der Waals surface area contributed by atoms with Crippen LogP contribution in [0, 0.1) is 0 Å². The van der Waals surface area contributed by atoms with Crippen LogP contribution in [0.25, 0.3) is 0 Å². The van der Waals surface area contributed by atoms with Gasteiger partial charge in [-0.1, -0.05) is 0 Å². The number of fused-ring (bicyclic) bond motifs is 1. The van der Waals surface area contributed by atoms with Crippen molar-refractivity contribution in [1.82, 2.24) is 29.8 Å². The third kappa shape index (κ3) is 3.71. The molecule has 25 heavy (non-hydrogen) atoms. The van der Waals surface area contributed by atoms with Gasteiger partial charge in [-0.2, -0.15) is 10.2 Å². The van der Waals surface area contributed by atoms with Gasteiger partial charge in [0.2, 0.25) is 5.91 Å². The second kappa shape index (κ2) is 7.47. The summed E-state index contributed by atoms with van der Waals surface area (Å²) in [7, 11) is 3.23. The Morgan fingerprint density at radius 3 is 3.00 bits per heavy atom. The summed E-state index contributed by atoms with van der Waals surface area (Å²) in [5.41, 5.74) is 1.30. The van der Waals surface area contributed by atoms with Gasteiger partial charge in [-0.15, -0.1) is 0 Å². The molecule has 9 nitrogen and oxygen atoms in total. The number of hydrogen-bond donors (Lipinski definition) is 1. The number of nitrogens with zero attached hydrogens (tertiary/aromatic N) is 5. The minimum atomic E-state index is -0.182. The number of amides is 2. The van der Waals surface area contributed by atoms with E-state index in [0.29, 0.717) is 31.9 Å². The molecule has 1 N–H and O–H groups in total. The minimum Gasteiger partial charge on any atom is -0.383 e. The highest BCUT2D eigenvalue weighted by Gasteiger charge is 2.31. The number of rotatable bonds is 6. The number of carbonyl (C=O) groups is 2. The van der Waals surface area contributed by atoms with E-state index in [9.17, 15) is 9.59 Å². The molecule has 0 aliphatic carbocycles. The number of methoxy groups -OCH3 is 1. The normalized spacial score (nSPS) is 16.6. The molecule has 1 aliphatic rings. The van der Waals surface area contributed by atoms with Crippen LogP contribution in [0.4, 0.5) is 0 Å². The van der Waals surface area contributed by atoms with Crippen molar-refractivity contribution in [2.45, 2.75) is 25.6 Å². The van der Waals surface area contributed by atoms with Crippen molar-refractivity contribution in [1.29, 1.82) is 0 Å². The minimum absolute atomic E-state index is 0.0791. The van der Waals surface area contributed by atoms with E-state index in [1.165, 1.54) is 0 Å². The fraction of sp³-hybridized carbons (Fsp3) is 0.500. The summed E-state index contributed by atoms with van der Waals surface area (Å²) in [6.45, 7) is 2.00. The number of aromatic nitrogens is 4. The molecule has 9 heteroatoms. The summed E-state index contributed by atoms with van der Waals surface area (Å²) < 4.78 is 8.54. The molecule has 2 amide bonds. The standard InChI is InChI=1S/C16H22N6O3/c1-17-15(23)9-13-11-20(10-12-3-5-18-22(12)13)16(24)14-4-6-21(19-14)7-8-25-2/h3-6,13H,7-11H2,1-2H3,(H,17,23)/t13-/m1/s1. The summed E-state index contributed by atoms with van der Waals surface area (Å²) in [6.07, 6.45) is 3.74. The first kappa shape index (κ1) is 17.2. The van der Waals surface area contributed by atoms with E-state index >= 15 is 0 Å². The summed E-state index contributed by atoms with van der Waals surface area (Å²) in [6, 6.07) is 3.39. The Hall–Kier alpha value is -2.68. The zero-order valence-corrected chi connectivity index (χ0v) is 14.4. The van der Waals surface area contributed by atoms with E-state index in [4.69, 9.17) is 4.74 Å². The molecule has 0 spiro atoms. The monoisotopic (exact) mass is 346 g/mol. The molecule has 0 saturated carbocycles. The molecular weight excluding hydrogens is 324 g/mol. The Kier molecular flexibility index (Phi) is 5.13. The predicted molar refractivity (Wildman–Crippen MR) is 88.8 cm³/mol. The van der Waals surface area contributed by atoms with Crippen LogP contribution in [-0.2, 0) is 22.6 Å². The van der Waals surface area contributed by atoms with Gasteiger partial charge in [-0.3, -0.25) is 19.0 Å². The Morgan fingerprint density at radius 2 is 2.24 bits per heavy atom. The first-order chi connectivity index (χ1) is 12.1. The van der Waals surface area contributed by atoms with Gasteiger partial charge in [0, 0.05) is 33.1 Å². The van der Waals surface area contributed by atoms with Gasteiger partial charge in [0.05, 0.1) is 37.9 Å². The zero-order valence-electron chi connectivity index (χ0n) is 14.4. The van der Waals surface area contributed by atoms with Crippen LogP contribution >= 0.6 is 0 Å². The van der Waals surface area contributed by atoms with Crippen molar-refractivity contribution in [3.8, 4) is 0 Å². The van der Waals surface area contributed by atoms with Crippen molar-refractivity contribution in [2.24, 2.45) is 0 Å². The van der Waals surface area contributed by atoms with Crippen LogP contribution in [0.5, 0.6) is 0 Å². The lowest BCUT2D eigenvalue weighted by atomic mass is 10.1. The molecule has 134 valence electrons. The molecule has 0 bridgehead atoms. The Balaban J connectivity index is 1.75. The van der Waals surface area contributed by atoms with Gasteiger partial charge in [0.25, 0.3) is 5.91 Å². The molecule has 0 saturated heterocycles. The average molecular weight is 346 g/mol.